The number of methoxy groups -OCH3 is 1. The van der Waals surface area contributed by atoms with E-state index in [-0.39, 0.29) is 17.3 Å². The van der Waals surface area contributed by atoms with Gasteiger partial charge in [0.1, 0.15) is 5.76 Å². The van der Waals surface area contributed by atoms with Gasteiger partial charge in [0.2, 0.25) is 15.9 Å². The van der Waals surface area contributed by atoms with Crippen LogP contribution in [0, 0.1) is 0 Å². The van der Waals surface area contributed by atoms with Crippen LogP contribution >= 0.6 is 0 Å². The van der Waals surface area contributed by atoms with E-state index in [0.29, 0.717) is 43.4 Å². The second-order valence-electron chi connectivity index (χ2n) is 7.23. The molecule has 0 unspecified atom stereocenters. The lowest BCUT2D eigenvalue weighted by Gasteiger charge is -2.26. The second-order valence-corrected chi connectivity index (χ2v) is 9.17. The van der Waals surface area contributed by atoms with Gasteiger partial charge in [-0.25, -0.2) is 8.42 Å². The highest BCUT2D eigenvalue weighted by atomic mass is 32.2. The summed E-state index contributed by atoms with van der Waals surface area (Å²) in [4.78, 5) is 11.7. The van der Waals surface area contributed by atoms with E-state index in [1.165, 1.54) is 10.4 Å². The predicted molar refractivity (Wildman–Crippen MR) is 120 cm³/mol. The van der Waals surface area contributed by atoms with Gasteiger partial charge in [-0.15, -0.1) is 0 Å². The summed E-state index contributed by atoms with van der Waals surface area (Å²) in [5.41, 5.74) is 2.25. The van der Waals surface area contributed by atoms with Crippen LogP contribution in [0.4, 0.5) is 0 Å². The Morgan fingerprint density at radius 3 is 2.56 bits per heavy atom. The van der Waals surface area contributed by atoms with Crippen molar-refractivity contribution >= 4 is 26.9 Å². The molecular weight excluding hydrogens is 432 g/mol. The molecule has 1 aromatic heterocycles. The number of carbonyl (C=O) groups excluding carboxylic acids is 1. The fourth-order valence-corrected chi connectivity index (χ4v) is 5.05. The highest BCUT2D eigenvalue weighted by Gasteiger charge is 2.26. The van der Waals surface area contributed by atoms with Gasteiger partial charge in [-0.05, 0) is 47.5 Å². The van der Waals surface area contributed by atoms with Gasteiger partial charge >= 0.3 is 0 Å². The summed E-state index contributed by atoms with van der Waals surface area (Å²) in [6, 6.07) is 12.3. The maximum Gasteiger partial charge on any atom is 0.243 e. The average Bonchev–Trinajstić information content (AvgIpc) is 3.27. The number of nitrogens with one attached hydrogen (secondary N) is 1. The quantitative estimate of drug-likeness (QED) is 0.549. The molecule has 1 N–H and O–H groups in total. The molecule has 1 aliphatic heterocycles. The zero-order valence-corrected chi connectivity index (χ0v) is 18.5. The van der Waals surface area contributed by atoms with Crippen molar-refractivity contribution in [3.63, 3.8) is 0 Å². The van der Waals surface area contributed by atoms with Crippen LogP contribution in [0.15, 0.2) is 64.4 Å². The minimum absolute atomic E-state index is 0.207. The Morgan fingerprint density at radius 1 is 1.19 bits per heavy atom. The molecule has 0 saturated carbocycles. The minimum atomic E-state index is -3.56. The molecule has 4 rings (SSSR count). The van der Waals surface area contributed by atoms with Crippen LogP contribution in [0.25, 0.3) is 22.1 Å². The van der Waals surface area contributed by atoms with Crippen LogP contribution in [0.3, 0.4) is 0 Å². The molecule has 168 valence electrons. The zero-order valence-electron chi connectivity index (χ0n) is 17.7. The van der Waals surface area contributed by atoms with Crippen molar-refractivity contribution in [1.29, 1.82) is 0 Å². The van der Waals surface area contributed by atoms with E-state index in [0.717, 1.165) is 16.5 Å². The van der Waals surface area contributed by atoms with Gasteiger partial charge in [0.25, 0.3) is 0 Å². The fraction of sp³-hybridized carbons (Fsp3) is 0.261. The Kier molecular flexibility index (Phi) is 6.31. The number of benzene rings is 2. The Bertz CT molecular complexity index is 1240. The maximum atomic E-state index is 12.9. The number of morpholine rings is 1. The van der Waals surface area contributed by atoms with Crippen LogP contribution in [-0.4, -0.2) is 52.0 Å². The molecule has 9 heteroatoms. The van der Waals surface area contributed by atoms with Gasteiger partial charge in [0.15, 0.2) is 11.3 Å². The summed E-state index contributed by atoms with van der Waals surface area (Å²) < 4.78 is 43.8. The summed E-state index contributed by atoms with van der Waals surface area (Å²) in [7, 11) is -2.00. The SMILES string of the molecule is C=CC(=O)NCc1cc2c(-c3ccc(S(=O)(=O)N4CCOCC4)cc3)ccc(OC)c2o1. The lowest BCUT2D eigenvalue weighted by molar-refractivity contribution is -0.116. The summed E-state index contributed by atoms with van der Waals surface area (Å²) in [5, 5.41) is 3.49. The van der Waals surface area contributed by atoms with Crippen LogP contribution in [0.1, 0.15) is 5.76 Å². The number of hydrogen-bond donors (Lipinski definition) is 1. The maximum absolute atomic E-state index is 12.9. The van der Waals surface area contributed by atoms with Gasteiger partial charge in [-0.3, -0.25) is 4.79 Å². The molecule has 32 heavy (non-hydrogen) atoms. The largest absolute Gasteiger partial charge is 0.493 e. The number of sulfonamides is 1. The molecule has 2 aromatic carbocycles. The van der Waals surface area contributed by atoms with E-state index < -0.39 is 10.0 Å². The summed E-state index contributed by atoms with van der Waals surface area (Å²) in [6.07, 6.45) is 1.20. The highest BCUT2D eigenvalue weighted by Crippen LogP contribution is 2.37. The van der Waals surface area contributed by atoms with Gasteiger partial charge < -0.3 is 19.2 Å². The molecule has 1 aliphatic rings. The molecule has 1 fully saturated rings. The van der Waals surface area contributed by atoms with Crippen LogP contribution in [0.5, 0.6) is 5.75 Å². The Balaban J connectivity index is 1.67. The number of fused-ring (bicyclic) bond motifs is 1. The topological polar surface area (TPSA) is 98.1 Å². The molecule has 2 heterocycles. The predicted octanol–water partition coefficient (Wildman–Crippen LogP) is 2.93. The van der Waals surface area contributed by atoms with E-state index in [4.69, 9.17) is 13.9 Å². The molecule has 0 spiro atoms. The van der Waals surface area contributed by atoms with E-state index in [2.05, 4.69) is 11.9 Å². The van der Waals surface area contributed by atoms with E-state index in [1.54, 1.807) is 37.4 Å². The first-order valence-corrected chi connectivity index (χ1v) is 11.6. The number of furan rings is 1. The third-order valence-electron chi connectivity index (χ3n) is 5.31. The third kappa shape index (κ3) is 4.27. The number of ether oxygens (including phenoxy) is 2. The van der Waals surface area contributed by atoms with Crippen LogP contribution < -0.4 is 10.1 Å². The van der Waals surface area contributed by atoms with E-state index >= 15 is 0 Å². The summed E-state index contributed by atoms with van der Waals surface area (Å²) in [5.74, 6) is 0.832. The van der Waals surface area contributed by atoms with Crippen LogP contribution in [0.2, 0.25) is 0 Å². The van der Waals surface area contributed by atoms with Crippen LogP contribution in [-0.2, 0) is 26.1 Å². The highest BCUT2D eigenvalue weighted by molar-refractivity contribution is 7.89. The Morgan fingerprint density at radius 2 is 1.91 bits per heavy atom. The normalized spacial score (nSPS) is 14.9. The first kappa shape index (κ1) is 22.1. The number of rotatable bonds is 7. The van der Waals surface area contributed by atoms with E-state index in [9.17, 15) is 13.2 Å². The summed E-state index contributed by atoms with van der Waals surface area (Å²) in [6.45, 7) is 5.14. The monoisotopic (exact) mass is 456 g/mol. The molecule has 0 radical (unpaired) electrons. The first-order chi connectivity index (χ1) is 15.4. The second kappa shape index (κ2) is 9.15. The molecule has 1 saturated heterocycles. The standard InChI is InChI=1S/C23H24N2O6S/c1-3-22(26)24-15-17-14-20-19(8-9-21(29-2)23(20)31-17)16-4-6-18(7-5-16)32(27,28)25-10-12-30-13-11-25/h3-9,14H,1,10-13,15H2,2H3,(H,24,26). The van der Waals surface area contributed by atoms with Gasteiger partial charge in [-0.2, -0.15) is 4.31 Å². The molecular formula is C23H24N2O6S. The minimum Gasteiger partial charge on any atom is -0.493 e. The molecule has 0 bridgehead atoms. The first-order valence-electron chi connectivity index (χ1n) is 10.1. The van der Waals surface area contributed by atoms with Crippen molar-refractivity contribution in [1.82, 2.24) is 9.62 Å². The van der Waals surface area contributed by atoms with Gasteiger partial charge in [0, 0.05) is 18.5 Å². The third-order valence-corrected chi connectivity index (χ3v) is 7.23. The van der Waals surface area contributed by atoms with Crippen molar-refractivity contribution in [3.8, 4) is 16.9 Å². The fourth-order valence-electron chi connectivity index (χ4n) is 3.64. The number of carbonyl (C=O) groups is 1. The van der Waals surface area contributed by atoms with Crippen molar-refractivity contribution in [2.45, 2.75) is 11.4 Å². The lowest BCUT2D eigenvalue weighted by atomic mass is 10.0. The lowest BCUT2D eigenvalue weighted by Crippen LogP contribution is -2.40. The molecule has 0 atom stereocenters. The average molecular weight is 457 g/mol. The molecule has 0 aliphatic carbocycles. The number of amides is 1. The molecule has 3 aromatic rings. The van der Waals surface area contributed by atoms with Crippen molar-refractivity contribution in [2.75, 3.05) is 33.4 Å². The number of hydrogen-bond acceptors (Lipinski definition) is 6. The van der Waals surface area contributed by atoms with E-state index in [1.807, 2.05) is 12.1 Å². The molecule has 8 nitrogen and oxygen atoms in total. The molecule has 1 amide bonds. The Labute approximate surface area is 186 Å². The van der Waals surface area contributed by atoms with Crippen molar-refractivity contribution < 1.29 is 27.1 Å². The van der Waals surface area contributed by atoms with Crippen molar-refractivity contribution in [3.05, 3.63) is 60.9 Å². The smallest absolute Gasteiger partial charge is 0.243 e. The Hall–Kier alpha value is -3.14. The number of nitrogens with zero attached hydrogens (tertiary/aromatic N) is 1. The zero-order chi connectivity index (χ0) is 22.7. The summed E-state index contributed by atoms with van der Waals surface area (Å²) >= 11 is 0. The van der Waals surface area contributed by atoms with Gasteiger partial charge in [0.05, 0.1) is 31.8 Å². The van der Waals surface area contributed by atoms with Crippen molar-refractivity contribution in [2.24, 2.45) is 0 Å². The van der Waals surface area contributed by atoms with Gasteiger partial charge in [-0.1, -0.05) is 18.7 Å².